The van der Waals surface area contributed by atoms with E-state index in [1.54, 1.807) is 17.0 Å². The summed E-state index contributed by atoms with van der Waals surface area (Å²) in [4.78, 5) is 34.3. The number of ether oxygens (including phenoxy) is 1. The molecule has 1 saturated heterocycles. The summed E-state index contributed by atoms with van der Waals surface area (Å²) in [5, 5.41) is 0.619. The molecule has 5 rings (SSSR count). The van der Waals surface area contributed by atoms with E-state index in [4.69, 9.17) is 4.74 Å². The number of amidine groups is 1. The van der Waals surface area contributed by atoms with Crippen molar-refractivity contribution in [2.75, 3.05) is 31.2 Å². The standard InChI is InChI=1S/C22H18FN3O3S/c23-15-7-5-14(6-8-15)13-26-17-4-2-1-3-16(17)18(21(26)28)19-20(27)24-22(30-19)25-9-11-29-12-10-25/h1-8H,9-13H2/b19-18-. The lowest BCUT2D eigenvalue weighted by Crippen LogP contribution is -2.38. The van der Waals surface area contributed by atoms with E-state index in [2.05, 4.69) is 4.99 Å². The first-order valence-electron chi connectivity index (χ1n) is 9.65. The number of amides is 2. The maximum atomic E-state index is 13.4. The van der Waals surface area contributed by atoms with Crippen LogP contribution in [-0.4, -0.2) is 48.2 Å². The number of morpholine rings is 1. The number of hydrogen-bond donors (Lipinski definition) is 0. The number of rotatable bonds is 2. The van der Waals surface area contributed by atoms with Crippen LogP contribution in [0.4, 0.5) is 10.1 Å². The van der Waals surface area contributed by atoms with Crippen molar-refractivity contribution in [1.29, 1.82) is 0 Å². The maximum absolute atomic E-state index is 13.4. The average molecular weight is 423 g/mol. The fraction of sp³-hybridized carbons (Fsp3) is 0.227. The van der Waals surface area contributed by atoms with Crippen LogP contribution in [0, 0.1) is 5.82 Å². The molecule has 0 unspecified atom stereocenters. The molecule has 0 atom stereocenters. The summed E-state index contributed by atoms with van der Waals surface area (Å²) < 4.78 is 18.6. The number of nitrogens with zero attached hydrogens (tertiary/aromatic N) is 3. The number of halogens is 1. The molecule has 0 spiro atoms. The summed E-state index contributed by atoms with van der Waals surface area (Å²) >= 11 is 1.25. The lowest BCUT2D eigenvalue weighted by molar-refractivity contribution is -0.115. The molecule has 0 radical (unpaired) electrons. The second kappa shape index (κ2) is 7.70. The number of aliphatic imine (C=N–C) groups is 1. The van der Waals surface area contributed by atoms with Crippen molar-refractivity contribution in [1.82, 2.24) is 4.90 Å². The van der Waals surface area contributed by atoms with E-state index in [-0.39, 0.29) is 17.6 Å². The van der Waals surface area contributed by atoms with Gasteiger partial charge in [-0.15, -0.1) is 0 Å². The van der Waals surface area contributed by atoms with Gasteiger partial charge < -0.3 is 14.5 Å². The third-order valence-electron chi connectivity index (χ3n) is 5.27. The Balaban J connectivity index is 1.49. The minimum atomic E-state index is -0.386. The molecular weight excluding hydrogens is 405 g/mol. The van der Waals surface area contributed by atoms with Gasteiger partial charge in [-0.1, -0.05) is 30.3 Å². The molecule has 2 aromatic rings. The SMILES string of the molecule is O=C1N=C(N2CCOCC2)S/C1=C1\C(=O)N(Cc2ccc(F)cc2)c2ccccc21. The number of anilines is 1. The van der Waals surface area contributed by atoms with Crippen LogP contribution in [0.5, 0.6) is 0 Å². The van der Waals surface area contributed by atoms with Crippen LogP contribution in [0.2, 0.25) is 0 Å². The Bertz CT molecular complexity index is 1090. The molecule has 3 aliphatic heterocycles. The minimum absolute atomic E-state index is 0.241. The fourth-order valence-electron chi connectivity index (χ4n) is 3.77. The quantitative estimate of drug-likeness (QED) is 0.695. The highest BCUT2D eigenvalue weighted by atomic mass is 32.2. The zero-order valence-electron chi connectivity index (χ0n) is 16.0. The third kappa shape index (κ3) is 3.32. The van der Waals surface area contributed by atoms with Crippen molar-refractivity contribution in [3.63, 3.8) is 0 Å². The van der Waals surface area contributed by atoms with Gasteiger partial charge in [0.25, 0.3) is 11.8 Å². The second-order valence-electron chi connectivity index (χ2n) is 7.14. The van der Waals surface area contributed by atoms with E-state index in [1.807, 2.05) is 29.2 Å². The molecular formula is C22H18FN3O3S. The first-order chi connectivity index (χ1) is 14.6. The molecule has 8 heteroatoms. The molecule has 0 saturated carbocycles. The molecule has 0 bridgehead atoms. The van der Waals surface area contributed by atoms with Gasteiger partial charge in [0.2, 0.25) is 0 Å². The molecule has 2 aromatic carbocycles. The highest BCUT2D eigenvalue weighted by Crippen LogP contribution is 2.44. The van der Waals surface area contributed by atoms with Gasteiger partial charge in [-0.05, 0) is 35.5 Å². The maximum Gasteiger partial charge on any atom is 0.287 e. The van der Waals surface area contributed by atoms with Crippen LogP contribution >= 0.6 is 11.8 Å². The normalized spacial score (nSPS) is 21.3. The monoisotopic (exact) mass is 423 g/mol. The summed E-state index contributed by atoms with van der Waals surface area (Å²) in [6, 6.07) is 13.5. The predicted molar refractivity (Wildman–Crippen MR) is 113 cm³/mol. The Kier molecular flexibility index (Phi) is 4.88. The summed E-state index contributed by atoms with van der Waals surface area (Å²) in [7, 11) is 0. The first kappa shape index (κ1) is 19.0. The van der Waals surface area contributed by atoms with E-state index in [1.165, 1.54) is 23.9 Å². The molecule has 1 fully saturated rings. The molecule has 152 valence electrons. The van der Waals surface area contributed by atoms with Crippen molar-refractivity contribution in [2.45, 2.75) is 6.54 Å². The highest BCUT2D eigenvalue weighted by molar-refractivity contribution is 8.18. The molecule has 3 aliphatic rings. The topological polar surface area (TPSA) is 62.2 Å². The van der Waals surface area contributed by atoms with Crippen molar-refractivity contribution < 1.29 is 18.7 Å². The van der Waals surface area contributed by atoms with E-state index in [0.717, 1.165) is 16.8 Å². The van der Waals surface area contributed by atoms with Gasteiger partial charge in [0, 0.05) is 18.7 Å². The minimum Gasteiger partial charge on any atom is -0.378 e. The number of para-hydroxylation sites is 1. The molecule has 6 nitrogen and oxygen atoms in total. The van der Waals surface area contributed by atoms with Crippen LogP contribution < -0.4 is 4.90 Å². The number of benzene rings is 2. The van der Waals surface area contributed by atoms with Crippen LogP contribution in [0.3, 0.4) is 0 Å². The zero-order chi connectivity index (χ0) is 20.7. The second-order valence-corrected chi connectivity index (χ2v) is 8.12. The predicted octanol–water partition coefficient (Wildman–Crippen LogP) is 3.05. The summed E-state index contributed by atoms with van der Waals surface area (Å²) in [5.74, 6) is -0.950. The Morgan fingerprint density at radius 3 is 2.53 bits per heavy atom. The Morgan fingerprint density at radius 1 is 1.03 bits per heavy atom. The number of fused-ring (bicyclic) bond motifs is 1. The van der Waals surface area contributed by atoms with E-state index >= 15 is 0 Å². The number of carbonyl (C=O) groups is 2. The van der Waals surface area contributed by atoms with Crippen molar-refractivity contribution in [2.24, 2.45) is 4.99 Å². The zero-order valence-corrected chi connectivity index (χ0v) is 16.8. The Labute approximate surface area is 177 Å². The summed E-state index contributed by atoms with van der Waals surface area (Å²) in [6.45, 7) is 2.81. The van der Waals surface area contributed by atoms with E-state index < -0.39 is 0 Å². The molecule has 3 heterocycles. The van der Waals surface area contributed by atoms with Crippen LogP contribution in [0.1, 0.15) is 11.1 Å². The number of hydrogen-bond acceptors (Lipinski definition) is 5. The number of thioether (sulfide) groups is 1. The largest absolute Gasteiger partial charge is 0.378 e. The van der Waals surface area contributed by atoms with Crippen LogP contribution in [-0.2, 0) is 20.9 Å². The smallest absolute Gasteiger partial charge is 0.287 e. The Morgan fingerprint density at radius 2 is 1.77 bits per heavy atom. The van der Waals surface area contributed by atoms with Gasteiger partial charge >= 0.3 is 0 Å². The fourth-order valence-corrected chi connectivity index (χ4v) is 4.83. The average Bonchev–Trinajstić information content (AvgIpc) is 3.28. The summed E-state index contributed by atoms with van der Waals surface area (Å²) in [5.41, 5.74) is 2.65. The van der Waals surface area contributed by atoms with Gasteiger partial charge in [-0.25, -0.2) is 4.39 Å². The van der Waals surface area contributed by atoms with Crippen LogP contribution in [0.25, 0.3) is 5.57 Å². The molecule has 2 amide bonds. The van der Waals surface area contributed by atoms with Gasteiger partial charge in [-0.2, -0.15) is 4.99 Å². The van der Waals surface area contributed by atoms with Crippen LogP contribution in [0.15, 0.2) is 58.4 Å². The molecule has 30 heavy (non-hydrogen) atoms. The Hall–Kier alpha value is -2.97. The molecule has 0 aromatic heterocycles. The number of carbonyl (C=O) groups excluding carboxylic acids is 2. The van der Waals surface area contributed by atoms with Gasteiger partial charge in [0.1, 0.15) is 5.82 Å². The van der Waals surface area contributed by atoms with Crippen molar-refractivity contribution >= 4 is 40.0 Å². The van der Waals surface area contributed by atoms with Crippen molar-refractivity contribution in [3.8, 4) is 0 Å². The first-order valence-corrected chi connectivity index (χ1v) is 10.5. The van der Waals surface area contributed by atoms with Gasteiger partial charge in [-0.3, -0.25) is 9.59 Å². The van der Waals surface area contributed by atoms with Crippen molar-refractivity contribution in [3.05, 3.63) is 70.4 Å². The van der Waals surface area contributed by atoms with E-state index in [9.17, 15) is 14.0 Å². The lowest BCUT2D eigenvalue weighted by atomic mass is 10.1. The lowest BCUT2D eigenvalue weighted by Gasteiger charge is -2.27. The highest BCUT2D eigenvalue weighted by Gasteiger charge is 2.39. The third-order valence-corrected chi connectivity index (χ3v) is 6.39. The molecule has 0 aliphatic carbocycles. The summed E-state index contributed by atoms with van der Waals surface area (Å²) in [6.07, 6.45) is 0. The van der Waals surface area contributed by atoms with E-state index in [0.29, 0.717) is 48.5 Å². The molecule has 0 N–H and O–H groups in total. The van der Waals surface area contributed by atoms with Gasteiger partial charge in [0.15, 0.2) is 5.17 Å². The van der Waals surface area contributed by atoms with Gasteiger partial charge in [0.05, 0.1) is 35.9 Å².